The molecule has 3 rings (SSSR count). The molecule has 0 aliphatic carbocycles. The van der Waals surface area contributed by atoms with Crippen molar-refractivity contribution in [3.05, 3.63) is 58.9 Å². The lowest BCUT2D eigenvalue weighted by molar-refractivity contribution is 0.463. The summed E-state index contributed by atoms with van der Waals surface area (Å²) in [6, 6.07) is 5.31. The highest BCUT2D eigenvalue weighted by Crippen LogP contribution is 2.14. The second-order valence-corrected chi connectivity index (χ2v) is 4.21. The first kappa shape index (κ1) is 11.5. The molecule has 98 valence electrons. The second kappa shape index (κ2) is 4.60. The third-order valence-corrected chi connectivity index (χ3v) is 2.98. The van der Waals surface area contributed by atoms with E-state index in [0.717, 1.165) is 0 Å². The average Bonchev–Trinajstić information content (AvgIpc) is 3.13. The first-order chi connectivity index (χ1) is 9.25. The molecule has 1 atom stereocenters. The molecule has 3 heterocycles. The van der Waals surface area contributed by atoms with E-state index < -0.39 is 0 Å². The van der Waals surface area contributed by atoms with Gasteiger partial charge < -0.3 is 4.42 Å². The SMILES string of the molecule is C[C@@H](c1n[nH]c(=O)n1Cc1ccco1)n1cccn1. The zero-order valence-electron chi connectivity index (χ0n) is 10.4. The number of aromatic nitrogens is 5. The van der Waals surface area contributed by atoms with Crippen LogP contribution in [0, 0.1) is 0 Å². The summed E-state index contributed by atoms with van der Waals surface area (Å²) < 4.78 is 8.55. The molecule has 0 unspecified atom stereocenters. The summed E-state index contributed by atoms with van der Waals surface area (Å²) in [5, 5.41) is 10.7. The molecule has 1 N–H and O–H groups in total. The van der Waals surface area contributed by atoms with E-state index in [1.165, 1.54) is 0 Å². The van der Waals surface area contributed by atoms with Crippen molar-refractivity contribution in [2.24, 2.45) is 0 Å². The molecule has 0 amide bonds. The van der Waals surface area contributed by atoms with Crippen molar-refractivity contribution in [1.29, 1.82) is 0 Å². The fourth-order valence-corrected chi connectivity index (χ4v) is 1.99. The molecule has 0 fully saturated rings. The Labute approximate surface area is 108 Å². The Bertz CT molecular complexity index is 693. The number of hydrogen-bond acceptors (Lipinski definition) is 4. The minimum absolute atomic E-state index is 0.135. The van der Waals surface area contributed by atoms with Crippen LogP contribution in [0.4, 0.5) is 0 Å². The molecule has 0 bridgehead atoms. The van der Waals surface area contributed by atoms with Crippen molar-refractivity contribution in [2.75, 3.05) is 0 Å². The van der Waals surface area contributed by atoms with Gasteiger partial charge in [0.1, 0.15) is 11.8 Å². The van der Waals surface area contributed by atoms with Gasteiger partial charge in [-0.05, 0) is 25.1 Å². The number of hydrogen-bond donors (Lipinski definition) is 1. The van der Waals surface area contributed by atoms with Crippen molar-refractivity contribution in [1.82, 2.24) is 24.5 Å². The van der Waals surface area contributed by atoms with Crippen LogP contribution in [-0.4, -0.2) is 24.5 Å². The Hall–Kier alpha value is -2.57. The van der Waals surface area contributed by atoms with E-state index >= 15 is 0 Å². The summed E-state index contributed by atoms with van der Waals surface area (Å²) >= 11 is 0. The molecule has 0 aliphatic heterocycles. The predicted molar refractivity (Wildman–Crippen MR) is 66.7 cm³/mol. The Kier molecular flexibility index (Phi) is 2.79. The standard InChI is InChI=1S/C12H13N5O2/c1-9(17-6-3-5-13-17)11-14-15-12(18)16(11)8-10-4-2-7-19-10/h2-7,9H,8H2,1H3,(H,15,18)/t9-/m0/s1. The number of aromatic amines is 1. The van der Waals surface area contributed by atoms with Crippen LogP contribution in [0.5, 0.6) is 0 Å². The first-order valence-electron chi connectivity index (χ1n) is 5.92. The van der Waals surface area contributed by atoms with E-state index in [1.54, 1.807) is 27.8 Å². The van der Waals surface area contributed by atoms with Gasteiger partial charge in [-0.15, -0.1) is 0 Å². The van der Waals surface area contributed by atoms with Crippen molar-refractivity contribution in [3.63, 3.8) is 0 Å². The molecule has 0 saturated heterocycles. The van der Waals surface area contributed by atoms with Gasteiger partial charge in [0.05, 0.1) is 12.8 Å². The largest absolute Gasteiger partial charge is 0.467 e. The van der Waals surface area contributed by atoms with E-state index in [-0.39, 0.29) is 11.7 Å². The summed E-state index contributed by atoms with van der Waals surface area (Å²) in [4.78, 5) is 11.8. The molecule has 7 heteroatoms. The Morgan fingerprint density at radius 2 is 2.37 bits per heavy atom. The lowest BCUT2D eigenvalue weighted by atomic mass is 10.3. The van der Waals surface area contributed by atoms with E-state index in [4.69, 9.17) is 4.42 Å². The predicted octanol–water partition coefficient (Wildman–Crippen LogP) is 1.02. The molecule has 0 radical (unpaired) electrons. The summed E-state index contributed by atoms with van der Waals surface area (Å²) in [6.07, 6.45) is 5.11. The molecular weight excluding hydrogens is 246 g/mol. The average molecular weight is 259 g/mol. The van der Waals surface area contributed by atoms with Crippen LogP contribution >= 0.6 is 0 Å². The molecule has 7 nitrogen and oxygen atoms in total. The van der Waals surface area contributed by atoms with Crippen molar-refractivity contribution < 1.29 is 4.42 Å². The molecule has 3 aromatic heterocycles. The van der Waals surface area contributed by atoms with Gasteiger partial charge in [-0.3, -0.25) is 9.25 Å². The number of H-pyrrole nitrogens is 1. The van der Waals surface area contributed by atoms with E-state index in [1.807, 2.05) is 25.3 Å². The molecule has 0 aromatic carbocycles. The number of nitrogens with zero attached hydrogens (tertiary/aromatic N) is 4. The highest BCUT2D eigenvalue weighted by atomic mass is 16.3. The second-order valence-electron chi connectivity index (χ2n) is 4.21. The Morgan fingerprint density at radius 3 is 3.05 bits per heavy atom. The van der Waals surface area contributed by atoms with E-state index in [9.17, 15) is 4.79 Å². The summed E-state index contributed by atoms with van der Waals surface area (Å²) in [7, 11) is 0. The van der Waals surface area contributed by atoms with Crippen LogP contribution in [0.25, 0.3) is 0 Å². The molecule has 0 aliphatic rings. The maximum absolute atomic E-state index is 11.8. The van der Waals surface area contributed by atoms with Gasteiger partial charge in [0.2, 0.25) is 0 Å². The minimum Gasteiger partial charge on any atom is -0.467 e. The number of rotatable bonds is 4. The van der Waals surface area contributed by atoms with Crippen LogP contribution in [0.3, 0.4) is 0 Å². The summed E-state index contributed by atoms with van der Waals surface area (Å²) in [5.41, 5.74) is -0.259. The summed E-state index contributed by atoms with van der Waals surface area (Å²) in [6.45, 7) is 2.28. The number of nitrogens with one attached hydrogen (secondary N) is 1. The third-order valence-electron chi connectivity index (χ3n) is 2.98. The van der Waals surface area contributed by atoms with Crippen LogP contribution in [-0.2, 0) is 6.54 Å². The normalized spacial score (nSPS) is 12.7. The Morgan fingerprint density at radius 1 is 1.47 bits per heavy atom. The van der Waals surface area contributed by atoms with Gasteiger partial charge in [-0.2, -0.15) is 10.2 Å². The van der Waals surface area contributed by atoms with Crippen LogP contribution in [0.15, 0.2) is 46.1 Å². The van der Waals surface area contributed by atoms with Gasteiger partial charge in [0, 0.05) is 12.4 Å². The van der Waals surface area contributed by atoms with Crippen molar-refractivity contribution in [3.8, 4) is 0 Å². The zero-order valence-corrected chi connectivity index (χ0v) is 10.4. The minimum atomic E-state index is -0.259. The van der Waals surface area contributed by atoms with Gasteiger partial charge in [0.15, 0.2) is 5.82 Å². The van der Waals surface area contributed by atoms with Crippen molar-refractivity contribution >= 4 is 0 Å². The maximum Gasteiger partial charge on any atom is 0.343 e. The number of furan rings is 1. The summed E-state index contributed by atoms with van der Waals surface area (Å²) in [5.74, 6) is 1.32. The van der Waals surface area contributed by atoms with Crippen LogP contribution in [0.1, 0.15) is 24.6 Å². The Balaban J connectivity index is 1.96. The quantitative estimate of drug-likeness (QED) is 0.758. The first-order valence-corrected chi connectivity index (χ1v) is 5.92. The van der Waals surface area contributed by atoms with Gasteiger partial charge >= 0.3 is 5.69 Å². The molecular formula is C12H13N5O2. The smallest absolute Gasteiger partial charge is 0.343 e. The van der Waals surface area contributed by atoms with Crippen molar-refractivity contribution in [2.45, 2.75) is 19.5 Å². The highest BCUT2D eigenvalue weighted by Gasteiger charge is 2.18. The monoisotopic (exact) mass is 259 g/mol. The van der Waals surface area contributed by atoms with E-state index in [0.29, 0.717) is 18.1 Å². The fourth-order valence-electron chi connectivity index (χ4n) is 1.99. The lowest BCUT2D eigenvalue weighted by Crippen LogP contribution is -2.22. The van der Waals surface area contributed by atoms with Gasteiger partial charge in [0.25, 0.3) is 0 Å². The van der Waals surface area contributed by atoms with E-state index in [2.05, 4.69) is 15.3 Å². The molecule has 0 saturated carbocycles. The molecule has 19 heavy (non-hydrogen) atoms. The highest BCUT2D eigenvalue weighted by molar-refractivity contribution is 5.03. The maximum atomic E-state index is 11.8. The molecule has 0 spiro atoms. The van der Waals surface area contributed by atoms with Gasteiger partial charge in [-0.25, -0.2) is 9.89 Å². The third kappa shape index (κ3) is 2.10. The fraction of sp³-hybridized carbons (Fsp3) is 0.250. The van der Waals surface area contributed by atoms with Crippen LogP contribution < -0.4 is 5.69 Å². The molecule has 3 aromatic rings. The topological polar surface area (TPSA) is 81.6 Å². The van der Waals surface area contributed by atoms with Gasteiger partial charge in [-0.1, -0.05) is 0 Å². The lowest BCUT2D eigenvalue weighted by Gasteiger charge is -2.12. The van der Waals surface area contributed by atoms with Crippen LogP contribution in [0.2, 0.25) is 0 Å². The zero-order chi connectivity index (χ0) is 13.2.